The maximum Gasteiger partial charge on any atom is 0.332 e. The van der Waals surface area contributed by atoms with Crippen LogP contribution in [0, 0.1) is 0 Å². The summed E-state index contributed by atoms with van der Waals surface area (Å²) in [5.41, 5.74) is 0. The Morgan fingerprint density at radius 3 is 2.39 bits per heavy atom. The minimum atomic E-state index is -0.325. The van der Waals surface area contributed by atoms with Gasteiger partial charge in [-0.3, -0.25) is 4.90 Å². The third kappa shape index (κ3) is 7.63. The molecule has 0 amide bonds. The van der Waals surface area contributed by atoms with Crippen molar-refractivity contribution >= 4 is 5.97 Å². The molecule has 0 heterocycles. The Morgan fingerprint density at radius 1 is 1.22 bits per heavy atom. The number of carbonyl (C=O) groups is 1. The van der Waals surface area contributed by atoms with Gasteiger partial charge in [0.25, 0.3) is 0 Å². The molecule has 0 aliphatic heterocycles. The molecule has 0 aromatic carbocycles. The van der Waals surface area contributed by atoms with Crippen LogP contribution in [0.5, 0.6) is 0 Å². The molecule has 0 aliphatic carbocycles. The van der Waals surface area contributed by atoms with Crippen molar-refractivity contribution in [3.8, 4) is 0 Å². The van der Waals surface area contributed by atoms with Crippen molar-refractivity contribution in [2.24, 2.45) is 0 Å². The van der Waals surface area contributed by atoms with Crippen LogP contribution < -0.4 is 0 Å². The summed E-state index contributed by atoms with van der Waals surface area (Å²) in [6.07, 6.45) is 2.10. The number of esters is 1. The second kappa shape index (κ2) is 11.4. The van der Waals surface area contributed by atoms with Gasteiger partial charge in [0.1, 0.15) is 6.61 Å². The molecule has 0 saturated carbocycles. The van der Waals surface area contributed by atoms with E-state index in [-0.39, 0.29) is 19.2 Å². The molecular formula is C13H27NO4. The first-order valence-corrected chi connectivity index (χ1v) is 6.77. The van der Waals surface area contributed by atoms with Crippen LogP contribution in [0.2, 0.25) is 0 Å². The van der Waals surface area contributed by atoms with Gasteiger partial charge in [-0.2, -0.15) is 0 Å². The van der Waals surface area contributed by atoms with Gasteiger partial charge in [0.15, 0.2) is 0 Å². The van der Waals surface area contributed by atoms with E-state index in [1.54, 1.807) is 6.92 Å². The highest BCUT2D eigenvalue weighted by Crippen LogP contribution is 2.07. The number of rotatable bonds is 11. The highest BCUT2D eigenvalue weighted by molar-refractivity contribution is 5.70. The van der Waals surface area contributed by atoms with Gasteiger partial charge < -0.3 is 14.6 Å². The standard InChI is InChI=1S/C13H27NO4/c1-4-12(5-2)14(7-9-15)8-10-17-11-13(16)18-6-3/h12,15H,4-11H2,1-3H3. The maximum atomic E-state index is 11.1. The first kappa shape index (κ1) is 17.4. The molecule has 0 spiro atoms. The lowest BCUT2D eigenvalue weighted by atomic mass is 10.1. The molecular weight excluding hydrogens is 234 g/mol. The minimum absolute atomic E-state index is 0.00369. The summed E-state index contributed by atoms with van der Waals surface area (Å²) in [7, 11) is 0. The molecule has 18 heavy (non-hydrogen) atoms. The Labute approximate surface area is 110 Å². The molecule has 0 radical (unpaired) electrons. The zero-order valence-electron chi connectivity index (χ0n) is 11.9. The minimum Gasteiger partial charge on any atom is -0.464 e. The third-order valence-electron chi connectivity index (χ3n) is 2.89. The lowest BCUT2D eigenvalue weighted by Gasteiger charge is -2.29. The van der Waals surface area contributed by atoms with E-state index in [9.17, 15) is 4.79 Å². The number of aliphatic hydroxyl groups excluding tert-OH is 1. The van der Waals surface area contributed by atoms with Gasteiger partial charge in [-0.1, -0.05) is 13.8 Å². The lowest BCUT2D eigenvalue weighted by molar-refractivity contribution is -0.148. The van der Waals surface area contributed by atoms with Gasteiger partial charge in [-0.15, -0.1) is 0 Å². The molecule has 0 bridgehead atoms. The predicted octanol–water partition coefficient (Wildman–Crippen LogP) is 1.05. The normalized spacial score (nSPS) is 11.2. The summed E-state index contributed by atoms with van der Waals surface area (Å²) >= 11 is 0. The number of nitrogens with zero attached hydrogens (tertiary/aromatic N) is 1. The van der Waals surface area contributed by atoms with E-state index in [1.807, 2.05) is 0 Å². The van der Waals surface area contributed by atoms with Crippen molar-refractivity contribution in [2.45, 2.75) is 39.7 Å². The largest absolute Gasteiger partial charge is 0.464 e. The summed E-state index contributed by atoms with van der Waals surface area (Å²) in [6.45, 7) is 8.44. The molecule has 1 N–H and O–H groups in total. The van der Waals surface area contributed by atoms with Gasteiger partial charge in [-0.25, -0.2) is 4.79 Å². The van der Waals surface area contributed by atoms with Crippen molar-refractivity contribution in [1.29, 1.82) is 0 Å². The topological polar surface area (TPSA) is 59.0 Å². The van der Waals surface area contributed by atoms with Crippen LogP contribution in [-0.2, 0) is 14.3 Å². The summed E-state index contributed by atoms with van der Waals surface area (Å²) in [5, 5.41) is 9.03. The summed E-state index contributed by atoms with van der Waals surface area (Å²) in [4.78, 5) is 13.3. The third-order valence-corrected chi connectivity index (χ3v) is 2.89. The maximum absolute atomic E-state index is 11.1. The Morgan fingerprint density at radius 2 is 1.89 bits per heavy atom. The molecule has 5 heteroatoms. The molecule has 0 rings (SSSR count). The van der Waals surface area contributed by atoms with E-state index in [2.05, 4.69) is 18.7 Å². The van der Waals surface area contributed by atoms with E-state index >= 15 is 0 Å². The van der Waals surface area contributed by atoms with Crippen LogP contribution in [0.1, 0.15) is 33.6 Å². The van der Waals surface area contributed by atoms with E-state index in [0.717, 1.165) is 19.4 Å². The van der Waals surface area contributed by atoms with Gasteiger partial charge >= 0.3 is 5.97 Å². The molecule has 0 aromatic heterocycles. The van der Waals surface area contributed by atoms with Crippen molar-refractivity contribution in [2.75, 3.05) is 39.5 Å². The quantitative estimate of drug-likeness (QED) is 0.445. The van der Waals surface area contributed by atoms with Crippen LogP contribution >= 0.6 is 0 Å². The van der Waals surface area contributed by atoms with Crippen LogP contribution in [0.4, 0.5) is 0 Å². The van der Waals surface area contributed by atoms with Crippen molar-refractivity contribution in [1.82, 2.24) is 4.90 Å². The van der Waals surface area contributed by atoms with Crippen molar-refractivity contribution in [3.63, 3.8) is 0 Å². The van der Waals surface area contributed by atoms with E-state index in [1.165, 1.54) is 0 Å². The SMILES string of the molecule is CCOC(=O)COCCN(CCO)C(CC)CC. The Kier molecular flexibility index (Phi) is 11.0. The first-order valence-electron chi connectivity index (χ1n) is 6.77. The monoisotopic (exact) mass is 261 g/mol. The molecule has 0 aliphatic rings. The van der Waals surface area contributed by atoms with E-state index in [0.29, 0.717) is 25.8 Å². The van der Waals surface area contributed by atoms with E-state index in [4.69, 9.17) is 14.6 Å². The molecule has 0 unspecified atom stereocenters. The van der Waals surface area contributed by atoms with Gasteiger partial charge in [0.2, 0.25) is 0 Å². The zero-order chi connectivity index (χ0) is 13.8. The molecule has 5 nitrogen and oxygen atoms in total. The molecule has 108 valence electrons. The number of ether oxygens (including phenoxy) is 2. The second-order valence-electron chi connectivity index (χ2n) is 4.09. The van der Waals surface area contributed by atoms with Crippen LogP contribution in [0.15, 0.2) is 0 Å². The Hall–Kier alpha value is -0.650. The van der Waals surface area contributed by atoms with Crippen LogP contribution in [0.25, 0.3) is 0 Å². The van der Waals surface area contributed by atoms with Crippen molar-refractivity contribution < 1.29 is 19.4 Å². The average molecular weight is 261 g/mol. The fraction of sp³-hybridized carbons (Fsp3) is 0.923. The zero-order valence-corrected chi connectivity index (χ0v) is 11.9. The smallest absolute Gasteiger partial charge is 0.332 e. The Balaban J connectivity index is 3.86. The second-order valence-corrected chi connectivity index (χ2v) is 4.09. The number of carbonyl (C=O) groups excluding carboxylic acids is 1. The molecule has 0 atom stereocenters. The van der Waals surface area contributed by atoms with Crippen LogP contribution in [-0.4, -0.2) is 61.5 Å². The first-order chi connectivity index (χ1) is 8.69. The number of aliphatic hydroxyl groups is 1. The summed E-state index contributed by atoms with van der Waals surface area (Å²) in [6, 6.07) is 0.461. The predicted molar refractivity (Wildman–Crippen MR) is 70.5 cm³/mol. The summed E-state index contributed by atoms with van der Waals surface area (Å²) in [5.74, 6) is -0.325. The van der Waals surface area contributed by atoms with Gasteiger partial charge in [-0.05, 0) is 19.8 Å². The van der Waals surface area contributed by atoms with E-state index < -0.39 is 0 Å². The lowest BCUT2D eigenvalue weighted by Crippen LogP contribution is -2.39. The Bertz CT molecular complexity index is 207. The van der Waals surface area contributed by atoms with Gasteiger partial charge in [0, 0.05) is 19.1 Å². The number of hydrogen-bond donors (Lipinski definition) is 1. The summed E-state index contributed by atoms with van der Waals surface area (Å²) < 4.78 is 10.0. The fourth-order valence-electron chi connectivity index (χ4n) is 1.95. The number of hydrogen-bond acceptors (Lipinski definition) is 5. The molecule has 0 aromatic rings. The molecule has 0 saturated heterocycles. The fourth-order valence-corrected chi connectivity index (χ4v) is 1.95. The highest BCUT2D eigenvalue weighted by atomic mass is 16.6. The highest BCUT2D eigenvalue weighted by Gasteiger charge is 2.14. The van der Waals surface area contributed by atoms with Gasteiger partial charge in [0.05, 0.1) is 19.8 Å². The van der Waals surface area contributed by atoms with Crippen LogP contribution in [0.3, 0.4) is 0 Å². The molecule has 0 fully saturated rings. The average Bonchev–Trinajstić information content (AvgIpc) is 2.36. The van der Waals surface area contributed by atoms with Crippen molar-refractivity contribution in [3.05, 3.63) is 0 Å².